The van der Waals surface area contributed by atoms with E-state index in [0.29, 0.717) is 5.69 Å². The minimum Gasteiger partial charge on any atom is -0.451 e. The van der Waals surface area contributed by atoms with Crippen LogP contribution in [0.2, 0.25) is 0 Å². The fourth-order valence-electron chi connectivity index (χ4n) is 1.07. The van der Waals surface area contributed by atoms with Gasteiger partial charge in [0.25, 0.3) is 5.91 Å². The van der Waals surface area contributed by atoms with Crippen molar-refractivity contribution in [3.05, 3.63) is 24.0 Å². The lowest BCUT2D eigenvalue weighted by molar-refractivity contribution is -0.129. The predicted octanol–water partition coefficient (Wildman–Crippen LogP) is -0.651. The van der Waals surface area contributed by atoms with E-state index in [4.69, 9.17) is 4.74 Å². The van der Waals surface area contributed by atoms with Gasteiger partial charge >= 0.3 is 5.97 Å². The van der Waals surface area contributed by atoms with Crippen LogP contribution in [0.3, 0.4) is 0 Å². The molecule has 1 aromatic rings. The Hall–Kier alpha value is -2.31. The number of carbonyl (C=O) groups excluding carboxylic acids is 3. The van der Waals surface area contributed by atoms with Gasteiger partial charge in [-0.2, -0.15) is 0 Å². The van der Waals surface area contributed by atoms with E-state index in [1.165, 1.54) is 6.92 Å². The molecule has 92 valence electrons. The van der Waals surface area contributed by atoms with E-state index in [9.17, 15) is 14.4 Å². The molecule has 0 unspecified atom stereocenters. The summed E-state index contributed by atoms with van der Waals surface area (Å²) >= 11 is 0. The van der Waals surface area contributed by atoms with E-state index in [1.807, 2.05) is 0 Å². The van der Waals surface area contributed by atoms with E-state index in [0.717, 1.165) is 0 Å². The monoisotopic (exact) mass is 239 g/mol. The first-order chi connectivity index (χ1) is 8.00. The van der Waals surface area contributed by atoms with Crippen LogP contribution >= 0.6 is 0 Å². The van der Waals surface area contributed by atoms with Crippen LogP contribution in [0.5, 0.6) is 0 Å². The second-order valence-corrected chi connectivity index (χ2v) is 3.31. The van der Waals surface area contributed by atoms with E-state index in [1.54, 1.807) is 29.9 Å². The summed E-state index contributed by atoms with van der Waals surface area (Å²) in [5, 5.41) is 0. The van der Waals surface area contributed by atoms with Crippen molar-refractivity contribution in [1.82, 2.24) is 15.4 Å². The summed E-state index contributed by atoms with van der Waals surface area (Å²) in [5.74, 6) is -1.62. The van der Waals surface area contributed by atoms with Crippen molar-refractivity contribution >= 4 is 17.8 Å². The van der Waals surface area contributed by atoms with E-state index >= 15 is 0 Å². The number of hydrogen-bond acceptors (Lipinski definition) is 4. The maximum Gasteiger partial charge on any atom is 0.355 e. The highest BCUT2D eigenvalue weighted by molar-refractivity contribution is 5.90. The summed E-state index contributed by atoms with van der Waals surface area (Å²) in [7, 11) is 1.69. The second-order valence-electron chi connectivity index (χ2n) is 3.31. The molecule has 0 fully saturated rings. The molecule has 0 bridgehead atoms. The number of hydrazine groups is 1. The van der Waals surface area contributed by atoms with E-state index < -0.39 is 24.4 Å². The first-order valence-electron chi connectivity index (χ1n) is 4.84. The van der Waals surface area contributed by atoms with E-state index in [-0.39, 0.29) is 0 Å². The average molecular weight is 239 g/mol. The molecule has 1 heterocycles. The number of rotatable bonds is 3. The highest BCUT2D eigenvalue weighted by Gasteiger charge is 2.12. The molecular weight excluding hydrogens is 226 g/mol. The van der Waals surface area contributed by atoms with Crippen LogP contribution in [0, 0.1) is 0 Å². The molecule has 7 heteroatoms. The summed E-state index contributed by atoms with van der Waals surface area (Å²) in [6.07, 6.45) is 1.69. The highest BCUT2D eigenvalue weighted by atomic mass is 16.5. The summed E-state index contributed by atoms with van der Waals surface area (Å²) in [4.78, 5) is 33.0. The van der Waals surface area contributed by atoms with Gasteiger partial charge in [-0.3, -0.25) is 20.4 Å². The molecule has 0 atom stereocenters. The summed E-state index contributed by atoms with van der Waals surface area (Å²) in [6.45, 7) is 0.792. The fraction of sp³-hybridized carbons (Fsp3) is 0.300. The lowest BCUT2D eigenvalue weighted by Crippen LogP contribution is -2.42. The zero-order chi connectivity index (χ0) is 12.8. The number of nitrogens with one attached hydrogen (secondary N) is 2. The lowest BCUT2D eigenvalue weighted by Gasteiger charge is -2.06. The molecule has 7 nitrogen and oxygen atoms in total. The number of ether oxygens (including phenoxy) is 1. The van der Waals surface area contributed by atoms with Crippen LogP contribution in [0.4, 0.5) is 0 Å². The Morgan fingerprint density at radius 1 is 1.35 bits per heavy atom. The number of aromatic nitrogens is 1. The van der Waals surface area contributed by atoms with Gasteiger partial charge in [0.2, 0.25) is 5.91 Å². The van der Waals surface area contributed by atoms with Gasteiger partial charge in [0.05, 0.1) is 0 Å². The third-order valence-corrected chi connectivity index (χ3v) is 1.87. The fourth-order valence-corrected chi connectivity index (χ4v) is 1.07. The Labute approximate surface area is 97.7 Å². The van der Waals surface area contributed by atoms with Gasteiger partial charge in [0.1, 0.15) is 5.69 Å². The number of aryl methyl sites for hydroxylation is 1. The predicted molar refractivity (Wildman–Crippen MR) is 57.7 cm³/mol. The molecular formula is C10H13N3O4. The van der Waals surface area contributed by atoms with Gasteiger partial charge in [0.15, 0.2) is 6.61 Å². The van der Waals surface area contributed by atoms with Crippen LogP contribution in [0.15, 0.2) is 18.3 Å². The van der Waals surface area contributed by atoms with Gasteiger partial charge in [-0.25, -0.2) is 4.79 Å². The average Bonchev–Trinajstić information content (AvgIpc) is 2.69. The normalized spacial score (nSPS) is 9.53. The summed E-state index contributed by atoms with van der Waals surface area (Å²) < 4.78 is 6.32. The van der Waals surface area contributed by atoms with Crippen LogP contribution in [-0.4, -0.2) is 29.0 Å². The molecule has 0 saturated heterocycles. The van der Waals surface area contributed by atoms with Crippen molar-refractivity contribution in [2.24, 2.45) is 7.05 Å². The molecule has 2 N–H and O–H groups in total. The number of esters is 1. The molecule has 0 aromatic carbocycles. The first kappa shape index (κ1) is 12.8. The highest BCUT2D eigenvalue weighted by Crippen LogP contribution is 2.01. The standard InChI is InChI=1S/C10H13N3O4/c1-7(14)11-12-9(15)6-17-10(16)8-4-3-5-13(8)2/h3-5H,6H2,1-2H3,(H,11,14)(H,12,15). The molecule has 0 aliphatic carbocycles. The second kappa shape index (κ2) is 5.69. The number of amides is 2. The van der Waals surface area contributed by atoms with Crippen LogP contribution in [0.1, 0.15) is 17.4 Å². The molecule has 0 saturated carbocycles. The van der Waals surface area contributed by atoms with Crippen molar-refractivity contribution in [3.63, 3.8) is 0 Å². The molecule has 0 radical (unpaired) electrons. The topological polar surface area (TPSA) is 89.4 Å². The minimum atomic E-state index is -0.609. The lowest BCUT2D eigenvalue weighted by atomic mass is 10.4. The van der Waals surface area contributed by atoms with Gasteiger partial charge in [0, 0.05) is 20.2 Å². The van der Waals surface area contributed by atoms with E-state index in [2.05, 4.69) is 10.9 Å². The smallest absolute Gasteiger partial charge is 0.355 e. The van der Waals surface area contributed by atoms with Crippen LogP contribution < -0.4 is 10.9 Å². The largest absolute Gasteiger partial charge is 0.451 e. The van der Waals surface area contributed by atoms with Crippen LogP contribution in [0.25, 0.3) is 0 Å². The minimum absolute atomic E-state index is 0.345. The van der Waals surface area contributed by atoms with Crippen molar-refractivity contribution in [2.75, 3.05) is 6.61 Å². The maximum atomic E-state index is 11.5. The third kappa shape index (κ3) is 3.98. The number of hydrogen-bond donors (Lipinski definition) is 2. The van der Waals surface area contributed by atoms with Gasteiger partial charge in [-0.15, -0.1) is 0 Å². The molecule has 0 aliphatic heterocycles. The Bertz CT molecular complexity index is 439. The molecule has 0 aliphatic rings. The Morgan fingerprint density at radius 2 is 2.06 bits per heavy atom. The van der Waals surface area contributed by atoms with Crippen molar-refractivity contribution < 1.29 is 19.1 Å². The van der Waals surface area contributed by atoms with Gasteiger partial charge < -0.3 is 9.30 Å². The molecule has 1 rings (SSSR count). The van der Waals surface area contributed by atoms with Crippen molar-refractivity contribution in [2.45, 2.75) is 6.92 Å². The maximum absolute atomic E-state index is 11.5. The first-order valence-corrected chi connectivity index (χ1v) is 4.84. The Balaban J connectivity index is 2.36. The SMILES string of the molecule is CC(=O)NNC(=O)COC(=O)c1cccn1C. The summed E-state index contributed by atoms with van der Waals surface area (Å²) in [6, 6.07) is 3.27. The van der Waals surface area contributed by atoms with Crippen molar-refractivity contribution in [1.29, 1.82) is 0 Å². The Morgan fingerprint density at radius 3 is 2.59 bits per heavy atom. The third-order valence-electron chi connectivity index (χ3n) is 1.87. The molecule has 0 spiro atoms. The number of carbonyl (C=O) groups is 3. The quantitative estimate of drug-likeness (QED) is 0.541. The zero-order valence-corrected chi connectivity index (χ0v) is 9.52. The Kier molecular flexibility index (Phi) is 4.27. The molecule has 17 heavy (non-hydrogen) atoms. The van der Waals surface area contributed by atoms with Crippen molar-refractivity contribution in [3.8, 4) is 0 Å². The summed E-state index contributed by atoms with van der Waals surface area (Å²) in [5.41, 5.74) is 4.50. The van der Waals surface area contributed by atoms with Crippen LogP contribution in [-0.2, 0) is 21.4 Å². The molecule has 2 amide bonds. The molecule has 1 aromatic heterocycles. The van der Waals surface area contributed by atoms with Gasteiger partial charge in [-0.1, -0.05) is 0 Å². The number of nitrogens with zero attached hydrogens (tertiary/aromatic N) is 1. The van der Waals surface area contributed by atoms with Gasteiger partial charge in [-0.05, 0) is 12.1 Å². The zero-order valence-electron chi connectivity index (χ0n) is 9.52.